The van der Waals surface area contributed by atoms with Crippen molar-refractivity contribution >= 4 is 131 Å². The van der Waals surface area contributed by atoms with Gasteiger partial charge < -0.3 is 0 Å². The minimum Gasteiger partial charge on any atom is -0.179 e. The van der Waals surface area contributed by atoms with Crippen molar-refractivity contribution in [2.75, 3.05) is 80.5 Å². The van der Waals surface area contributed by atoms with E-state index in [1.54, 1.807) is 0 Å². The smallest absolute Gasteiger partial charge is 0.0332 e. The van der Waals surface area contributed by atoms with Crippen LogP contribution < -0.4 is 0 Å². The summed E-state index contributed by atoms with van der Waals surface area (Å²) in [7, 11) is 4.15. The Kier molecular flexibility index (Phi) is 29.8. The molecule has 164 valence electrons. The van der Waals surface area contributed by atoms with Crippen molar-refractivity contribution in [1.82, 2.24) is 0 Å². The van der Waals surface area contributed by atoms with Crippen LogP contribution in [0.3, 0.4) is 0 Å². The van der Waals surface area contributed by atoms with Crippen LogP contribution in [0.2, 0.25) is 0 Å². The van der Waals surface area contributed by atoms with Gasteiger partial charge in [0.2, 0.25) is 0 Å². The molecule has 0 heterocycles. The second-order valence-electron chi connectivity index (χ2n) is 5.28. The first-order valence-electron chi connectivity index (χ1n) is 8.92. The van der Waals surface area contributed by atoms with Gasteiger partial charge in [0.05, 0.1) is 0 Å². The second-order valence-corrected chi connectivity index (χ2v) is 16.0. The van der Waals surface area contributed by atoms with E-state index in [9.17, 15) is 0 Å². The average molecular weight is 579 g/mol. The summed E-state index contributed by atoms with van der Waals surface area (Å²) in [6.07, 6.45) is 0. The summed E-state index contributed by atoms with van der Waals surface area (Å²) < 4.78 is 0. The molecule has 0 amide bonds. The van der Waals surface area contributed by atoms with E-state index in [1.165, 1.54) is 46.0 Å². The van der Waals surface area contributed by atoms with Crippen LogP contribution in [-0.2, 0) is 0 Å². The van der Waals surface area contributed by atoms with Crippen LogP contribution in [0.15, 0.2) is 0 Å². The Hall–Kier alpha value is 3.85. The monoisotopic (exact) mass is 578 g/mol. The molecule has 0 aliphatic heterocycles. The van der Waals surface area contributed by atoms with E-state index >= 15 is 0 Å². The van der Waals surface area contributed by atoms with Crippen molar-refractivity contribution in [3.05, 3.63) is 0 Å². The zero-order valence-corrected chi connectivity index (χ0v) is 25.0. The molecule has 0 bridgehead atoms. The molecule has 0 radical (unpaired) electrons. The van der Waals surface area contributed by atoms with Gasteiger partial charge in [-0.15, -0.1) is 0 Å². The molecular formula is C16H34S11. The Morgan fingerprint density at radius 2 is 0.963 bits per heavy atom. The molecule has 0 nitrogen and oxygen atoms in total. The molecule has 0 aliphatic carbocycles. The van der Waals surface area contributed by atoms with Crippen molar-refractivity contribution < 1.29 is 0 Å². The van der Waals surface area contributed by atoms with E-state index in [0.717, 1.165) is 39.8 Å². The summed E-state index contributed by atoms with van der Waals surface area (Å²) in [5.41, 5.74) is 0. The van der Waals surface area contributed by atoms with Gasteiger partial charge in [-0.1, -0.05) is 21.6 Å². The van der Waals surface area contributed by atoms with Crippen LogP contribution in [-0.4, -0.2) is 91.0 Å². The Morgan fingerprint density at radius 3 is 1.56 bits per heavy atom. The van der Waals surface area contributed by atoms with Gasteiger partial charge in [-0.3, -0.25) is 0 Å². The summed E-state index contributed by atoms with van der Waals surface area (Å²) >= 11 is 27.7. The molecule has 0 fully saturated rings. The lowest BCUT2D eigenvalue weighted by Gasteiger charge is -2.15. The number of rotatable bonds is 22. The fraction of sp³-hybridized carbons (Fsp3) is 1.00. The topological polar surface area (TPSA) is 0 Å². The fourth-order valence-electron chi connectivity index (χ4n) is 1.67. The molecule has 0 spiro atoms. The normalized spacial score (nSPS) is 13.8. The number of hydrogen-bond donors (Lipinski definition) is 4. The summed E-state index contributed by atoms with van der Waals surface area (Å²) in [4.78, 5) is 0. The molecule has 11 heteroatoms. The van der Waals surface area contributed by atoms with Crippen LogP contribution >= 0.6 is 131 Å². The van der Waals surface area contributed by atoms with Crippen LogP contribution in [0.4, 0.5) is 0 Å². The summed E-state index contributed by atoms with van der Waals surface area (Å²) in [6, 6.07) is 0. The van der Waals surface area contributed by atoms with Crippen molar-refractivity contribution in [3.8, 4) is 0 Å². The molecule has 2 unspecified atom stereocenters. The predicted octanol–water partition coefficient (Wildman–Crippen LogP) is 6.49. The van der Waals surface area contributed by atoms with Gasteiger partial charge in [-0.2, -0.15) is 109 Å². The third kappa shape index (κ3) is 24.3. The maximum absolute atomic E-state index is 4.68. The number of hydrogen-bond acceptors (Lipinski definition) is 11. The standard InChI is InChI=1S/C16H34S11/c17-1-4-21-9-10-26-27-16(13-23-6-3-19)14-25-8-7-24-12-15(20)11-22-5-2-18/h15-20H,1-14H2. The van der Waals surface area contributed by atoms with E-state index < -0.39 is 0 Å². The molecule has 0 saturated heterocycles. The van der Waals surface area contributed by atoms with E-state index in [-0.39, 0.29) is 0 Å². The highest BCUT2D eigenvalue weighted by Gasteiger charge is 2.11. The van der Waals surface area contributed by atoms with E-state index in [4.69, 9.17) is 0 Å². The van der Waals surface area contributed by atoms with E-state index in [2.05, 4.69) is 107 Å². The second kappa shape index (κ2) is 26.1. The quantitative estimate of drug-likeness (QED) is 0.0650. The van der Waals surface area contributed by atoms with E-state index in [0.29, 0.717) is 5.25 Å². The largest absolute Gasteiger partial charge is 0.179 e. The minimum atomic E-state index is 0.516. The number of thiol groups is 4. The highest BCUT2D eigenvalue weighted by Crippen LogP contribution is 2.32. The summed E-state index contributed by atoms with van der Waals surface area (Å²) in [5.74, 6) is 16.2. The molecule has 0 aromatic carbocycles. The van der Waals surface area contributed by atoms with Crippen LogP contribution in [0.5, 0.6) is 0 Å². The first-order valence-corrected chi connectivity index (χ1v) is 19.5. The molecule has 0 saturated carbocycles. The predicted molar refractivity (Wildman–Crippen MR) is 165 cm³/mol. The van der Waals surface area contributed by atoms with Gasteiger partial charge in [0.1, 0.15) is 0 Å². The molecule has 0 aromatic heterocycles. The van der Waals surface area contributed by atoms with Gasteiger partial charge in [0.25, 0.3) is 0 Å². The molecule has 2 atom stereocenters. The van der Waals surface area contributed by atoms with Crippen molar-refractivity contribution in [1.29, 1.82) is 0 Å². The molecular weight excluding hydrogens is 545 g/mol. The Morgan fingerprint density at radius 1 is 0.519 bits per heavy atom. The van der Waals surface area contributed by atoms with Gasteiger partial charge in [-0.05, 0) is 17.3 Å². The lowest BCUT2D eigenvalue weighted by atomic mass is 10.5. The first-order chi connectivity index (χ1) is 13.2. The van der Waals surface area contributed by atoms with Crippen LogP contribution in [0, 0.1) is 0 Å². The minimum absolute atomic E-state index is 0.516. The van der Waals surface area contributed by atoms with Gasteiger partial charge in [0.15, 0.2) is 0 Å². The Bertz CT molecular complexity index is 283. The molecule has 0 aliphatic rings. The zero-order chi connectivity index (χ0) is 20.0. The highest BCUT2D eigenvalue weighted by molar-refractivity contribution is 8.77. The zero-order valence-electron chi connectivity index (χ0n) is 15.7. The third-order valence-corrected chi connectivity index (χ3v) is 14.5. The van der Waals surface area contributed by atoms with Crippen LogP contribution in [0.25, 0.3) is 0 Å². The van der Waals surface area contributed by atoms with Gasteiger partial charge >= 0.3 is 0 Å². The molecule has 27 heavy (non-hydrogen) atoms. The third-order valence-electron chi connectivity index (χ3n) is 2.82. The number of thioether (sulfide) groups is 5. The maximum atomic E-state index is 4.68. The van der Waals surface area contributed by atoms with Crippen molar-refractivity contribution in [2.45, 2.75) is 10.5 Å². The Labute approximate surface area is 219 Å². The SMILES string of the molecule is SCCSCCSSC(CSCCS)CSCCSCC(S)CSCCS. The highest BCUT2D eigenvalue weighted by atomic mass is 33.1. The maximum Gasteiger partial charge on any atom is 0.0332 e. The first kappa shape index (κ1) is 30.9. The van der Waals surface area contributed by atoms with Crippen molar-refractivity contribution in [3.63, 3.8) is 0 Å². The van der Waals surface area contributed by atoms with Gasteiger partial charge in [0, 0.05) is 73.8 Å². The lowest BCUT2D eigenvalue weighted by molar-refractivity contribution is 1.15. The average Bonchev–Trinajstić information content (AvgIpc) is 2.67. The molecule has 0 aromatic rings. The lowest BCUT2D eigenvalue weighted by Crippen LogP contribution is -2.11. The summed E-state index contributed by atoms with van der Waals surface area (Å²) in [6.45, 7) is 0. The van der Waals surface area contributed by atoms with Crippen molar-refractivity contribution in [2.24, 2.45) is 0 Å². The summed E-state index contributed by atoms with van der Waals surface area (Å²) in [5, 5.41) is 1.27. The molecule has 0 N–H and O–H groups in total. The molecule has 0 rings (SSSR count). The Balaban J connectivity index is 3.71. The van der Waals surface area contributed by atoms with Crippen LogP contribution in [0.1, 0.15) is 0 Å². The fourth-order valence-corrected chi connectivity index (χ4v) is 12.0. The van der Waals surface area contributed by atoms with E-state index in [1.807, 2.05) is 23.5 Å². The van der Waals surface area contributed by atoms with Gasteiger partial charge in [-0.25, -0.2) is 0 Å².